The van der Waals surface area contributed by atoms with E-state index in [1.165, 1.54) is 15.6 Å². The average molecular weight is 379 g/mol. The van der Waals surface area contributed by atoms with Gasteiger partial charge in [0.2, 0.25) is 5.91 Å². The lowest BCUT2D eigenvalue weighted by Gasteiger charge is -2.31. The number of nitrogens with zero attached hydrogens (tertiary/aromatic N) is 1. The normalized spacial score (nSPS) is 18.8. The van der Waals surface area contributed by atoms with E-state index in [1.54, 1.807) is 17.5 Å². The molecule has 2 heterocycles. The van der Waals surface area contributed by atoms with Crippen molar-refractivity contribution in [1.29, 1.82) is 0 Å². The van der Waals surface area contributed by atoms with Gasteiger partial charge in [0.1, 0.15) is 4.21 Å². The third-order valence-corrected chi connectivity index (χ3v) is 7.74. The molecule has 0 aliphatic carbocycles. The summed E-state index contributed by atoms with van der Waals surface area (Å²) in [5.41, 5.74) is 1.89. The summed E-state index contributed by atoms with van der Waals surface area (Å²) in [7, 11) is -3.50. The minimum Gasteiger partial charge on any atom is -0.326 e. The molecule has 0 bridgehead atoms. The highest BCUT2D eigenvalue weighted by atomic mass is 32.2. The first kappa shape index (κ1) is 18.1. The average Bonchev–Trinajstić information content (AvgIpc) is 3.18. The van der Waals surface area contributed by atoms with Crippen molar-refractivity contribution in [3.63, 3.8) is 0 Å². The van der Waals surface area contributed by atoms with E-state index in [2.05, 4.69) is 5.32 Å². The van der Waals surface area contributed by atoms with Gasteiger partial charge in [0.25, 0.3) is 10.0 Å². The number of thiophene rings is 1. The molecule has 1 aromatic carbocycles. The van der Waals surface area contributed by atoms with E-state index in [4.69, 9.17) is 0 Å². The first-order valence-corrected chi connectivity index (χ1v) is 10.8. The Morgan fingerprint density at radius 1 is 1.28 bits per heavy atom. The minimum atomic E-state index is -3.50. The molecule has 1 fully saturated rings. The molecule has 1 saturated heterocycles. The number of amides is 1. The van der Waals surface area contributed by atoms with Gasteiger partial charge in [0.05, 0.1) is 5.92 Å². The number of anilines is 1. The highest BCUT2D eigenvalue weighted by molar-refractivity contribution is 7.91. The highest BCUT2D eigenvalue weighted by Crippen LogP contribution is 2.27. The zero-order valence-corrected chi connectivity index (χ0v) is 15.8. The predicted octanol–water partition coefficient (Wildman–Crippen LogP) is 3.35. The minimum absolute atomic E-state index is 0.105. The Hall–Kier alpha value is -1.70. The van der Waals surface area contributed by atoms with E-state index < -0.39 is 10.0 Å². The number of hydrogen-bond acceptors (Lipinski definition) is 4. The van der Waals surface area contributed by atoms with E-state index in [0.29, 0.717) is 23.6 Å². The zero-order chi connectivity index (χ0) is 17.9. The van der Waals surface area contributed by atoms with Gasteiger partial charge < -0.3 is 5.32 Å². The molecule has 0 spiro atoms. The Labute approximate surface area is 152 Å². The summed E-state index contributed by atoms with van der Waals surface area (Å²) >= 11 is 1.21. The number of rotatable bonds is 5. The molecule has 2 aromatic rings. The van der Waals surface area contributed by atoms with Crippen LogP contribution in [0.15, 0.2) is 46.0 Å². The highest BCUT2D eigenvalue weighted by Gasteiger charge is 2.33. The van der Waals surface area contributed by atoms with Crippen molar-refractivity contribution >= 4 is 33.0 Å². The summed E-state index contributed by atoms with van der Waals surface area (Å²) in [4.78, 5) is 12.7. The van der Waals surface area contributed by atoms with Gasteiger partial charge in [0, 0.05) is 18.8 Å². The summed E-state index contributed by atoms with van der Waals surface area (Å²) < 4.78 is 27.1. The first-order valence-electron chi connectivity index (χ1n) is 8.44. The largest absolute Gasteiger partial charge is 0.326 e. The number of carbonyl (C=O) groups excluding carboxylic acids is 1. The third-order valence-electron chi connectivity index (χ3n) is 4.50. The van der Waals surface area contributed by atoms with Crippen LogP contribution in [0, 0.1) is 5.92 Å². The number of nitrogens with one attached hydrogen (secondary N) is 1. The molecule has 1 aliphatic rings. The quantitative estimate of drug-likeness (QED) is 0.868. The van der Waals surface area contributed by atoms with Crippen molar-refractivity contribution in [3.05, 3.63) is 47.3 Å². The number of benzene rings is 1. The van der Waals surface area contributed by atoms with Crippen molar-refractivity contribution in [2.75, 3.05) is 18.4 Å². The van der Waals surface area contributed by atoms with Crippen LogP contribution in [0.2, 0.25) is 0 Å². The molecule has 25 heavy (non-hydrogen) atoms. The number of aryl methyl sites for hydroxylation is 1. The smallest absolute Gasteiger partial charge is 0.252 e. The van der Waals surface area contributed by atoms with Crippen LogP contribution >= 0.6 is 11.3 Å². The van der Waals surface area contributed by atoms with Gasteiger partial charge >= 0.3 is 0 Å². The Morgan fingerprint density at radius 2 is 2.08 bits per heavy atom. The van der Waals surface area contributed by atoms with E-state index in [0.717, 1.165) is 17.7 Å². The standard InChI is InChI=1S/C18H22N2O3S2/c1-2-14-7-3-4-9-16(14)19-18(21)15-8-5-11-20(13-15)25(22,23)17-10-6-12-24-17/h3-4,6-7,9-10,12,15H,2,5,8,11,13H2,1H3,(H,19,21). The molecule has 1 aromatic heterocycles. The summed E-state index contributed by atoms with van der Waals surface area (Å²) in [6.45, 7) is 2.75. The molecule has 0 saturated carbocycles. The van der Waals surface area contributed by atoms with Gasteiger partial charge in [-0.15, -0.1) is 11.3 Å². The van der Waals surface area contributed by atoms with Crippen molar-refractivity contribution in [1.82, 2.24) is 4.31 Å². The van der Waals surface area contributed by atoms with Crippen molar-refractivity contribution in [2.24, 2.45) is 5.92 Å². The van der Waals surface area contributed by atoms with Crippen molar-refractivity contribution < 1.29 is 13.2 Å². The SMILES string of the molecule is CCc1ccccc1NC(=O)C1CCCN(S(=O)(=O)c2cccs2)C1. The van der Waals surface area contributed by atoms with E-state index >= 15 is 0 Å². The number of para-hydroxylation sites is 1. The van der Waals surface area contributed by atoms with Crippen LogP contribution in [-0.4, -0.2) is 31.7 Å². The summed E-state index contributed by atoms with van der Waals surface area (Å²) in [5, 5.41) is 4.73. The number of piperidine rings is 1. The molecule has 0 radical (unpaired) electrons. The van der Waals surface area contributed by atoms with Gasteiger partial charge in [-0.05, 0) is 42.3 Å². The molecule has 5 nitrogen and oxygen atoms in total. The molecule has 1 N–H and O–H groups in total. The Bertz CT molecular complexity index is 832. The third kappa shape index (κ3) is 3.94. The van der Waals surface area contributed by atoms with Gasteiger partial charge in [-0.2, -0.15) is 4.31 Å². The van der Waals surface area contributed by atoms with Crippen LogP contribution < -0.4 is 5.32 Å². The lowest BCUT2D eigenvalue weighted by atomic mass is 9.98. The van der Waals surface area contributed by atoms with Crippen molar-refractivity contribution in [3.8, 4) is 0 Å². The molecule has 1 unspecified atom stereocenters. The number of sulfonamides is 1. The first-order chi connectivity index (χ1) is 12.0. The molecule has 3 rings (SSSR count). The molecule has 7 heteroatoms. The summed E-state index contributed by atoms with van der Waals surface area (Å²) in [5.74, 6) is -0.430. The van der Waals surface area contributed by atoms with Crippen LogP contribution in [0.25, 0.3) is 0 Å². The second-order valence-electron chi connectivity index (χ2n) is 6.13. The maximum atomic E-state index is 12.7. The van der Waals surface area contributed by atoms with Gasteiger partial charge in [-0.3, -0.25) is 4.79 Å². The summed E-state index contributed by atoms with van der Waals surface area (Å²) in [6, 6.07) is 11.1. The lowest BCUT2D eigenvalue weighted by molar-refractivity contribution is -0.120. The maximum Gasteiger partial charge on any atom is 0.252 e. The lowest BCUT2D eigenvalue weighted by Crippen LogP contribution is -2.43. The summed E-state index contributed by atoms with van der Waals surface area (Å²) in [6.07, 6.45) is 2.23. The fourth-order valence-corrected chi connectivity index (χ4v) is 5.77. The molecular formula is C18H22N2O3S2. The Morgan fingerprint density at radius 3 is 2.80 bits per heavy atom. The van der Waals surface area contributed by atoms with Crippen LogP contribution in [0.4, 0.5) is 5.69 Å². The fourth-order valence-electron chi connectivity index (χ4n) is 3.10. The van der Waals surface area contributed by atoms with Crippen LogP contribution in [-0.2, 0) is 21.2 Å². The predicted molar refractivity (Wildman–Crippen MR) is 100 cm³/mol. The van der Waals surface area contributed by atoms with Crippen molar-refractivity contribution in [2.45, 2.75) is 30.4 Å². The molecule has 1 amide bonds. The molecular weight excluding hydrogens is 356 g/mol. The number of carbonyl (C=O) groups is 1. The zero-order valence-electron chi connectivity index (χ0n) is 14.1. The van der Waals surface area contributed by atoms with E-state index in [9.17, 15) is 13.2 Å². The van der Waals surface area contributed by atoms with Crippen LogP contribution in [0.1, 0.15) is 25.3 Å². The molecule has 134 valence electrons. The monoisotopic (exact) mass is 378 g/mol. The fraction of sp³-hybridized carbons (Fsp3) is 0.389. The van der Waals surface area contributed by atoms with E-state index in [-0.39, 0.29) is 18.4 Å². The van der Waals surface area contributed by atoms with Crippen LogP contribution in [0.3, 0.4) is 0 Å². The topological polar surface area (TPSA) is 66.5 Å². The van der Waals surface area contributed by atoms with Crippen LogP contribution in [0.5, 0.6) is 0 Å². The molecule has 1 aliphatic heterocycles. The molecule has 1 atom stereocenters. The van der Waals surface area contributed by atoms with E-state index in [1.807, 2.05) is 31.2 Å². The second kappa shape index (κ2) is 7.68. The second-order valence-corrected chi connectivity index (χ2v) is 9.25. The Kier molecular flexibility index (Phi) is 5.56. The van der Waals surface area contributed by atoms with Gasteiger partial charge in [-0.1, -0.05) is 31.2 Å². The Balaban J connectivity index is 1.72. The number of hydrogen-bond donors (Lipinski definition) is 1. The maximum absolute atomic E-state index is 12.7. The van der Waals surface area contributed by atoms with Gasteiger partial charge in [0.15, 0.2) is 0 Å². The van der Waals surface area contributed by atoms with Gasteiger partial charge in [-0.25, -0.2) is 8.42 Å².